The second kappa shape index (κ2) is 11.1. The molecule has 3 aromatic rings. The molecular weight excluding hydrogens is 490 g/mol. The number of benzene rings is 2. The summed E-state index contributed by atoms with van der Waals surface area (Å²) in [6.07, 6.45) is 3.28. The molecule has 0 bridgehead atoms. The number of fused-ring (bicyclic) bond motifs is 1. The average molecular weight is 518 g/mol. The summed E-state index contributed by atoms with van der Waals surface area (Å²) >= 11 is 1.30. The van der Waals surface area contributed by atoms with E-state index in [0.29, 0.717) is 30.4 Å². The zero-order valence-electron chi connectivity index (χ0n) is 19.4. The molecule has 1 saturated heterocycles. The zero-order chi connectivity index (χ0) is 24.8. The Bertz CT molecular complexity index is 1300. The Morgan fingerprint density at radius 1 is 1.09 bits per heavy atom. The molecule has 0 unspecified atom stereocenters. The highest BCUT2D eigenvalue weighted by atomic mass is 32.2. The van der Waals surface area contributed by atoms with Crippen LogP contribution in [0.25, 0.3) is 10.2 Å². The molecule has 35 heavy (non-hydrogen) atoms. The number of aryl methyl sites for hydroxylation is 1. The number of hydrogen-bond donors (Lipinski definition) is 1. The number of methoxy groups -OCH3 is 1. The van der Waals surface area contributed by atoms with Gasteiger partial charge < -0.3 is 9.47 Å². The van der Waals surface area contributed by atoms with Gasteiger partial charge in [0.1, 0.15) is 5.75 Å². The van der Waals surface area contributed by atoms with Crippen molar-refractivity contribution in [2.75, 3.05) is 32.1 Å². The van der Waals surface area contributed by atoms with Crippen molar-refractivity contribution < 1.29 is 27.5 Å². The number of carbonyl (C=O) groups is 2. The topological polar surface area (TPSA) is 115 Å². The predicted octanol–water partition coefficient (Wildman–Crippen LogP) is 3.59. The number of nitrogens with zero attached hydrogens (tertiary/aromatic N) is 2. The van der Waals surface area contributed by atoms with Gasteiger partial charge in [0.25, 0.3) is 5.91 Å². The largest absolute Gasteiger partial charge is 0.497 e. The van der Waals surface area contributed by atoms with Crippen LogP contribution in [0.15, 0.2) is 47.4 Å². The minimum atomic E-state index is -3.48. The highest BCUT2D eigenvalue weighted by Gasteiger charge is 2.25. The van der Waals surface area contributed by atoms with E-state index in [1.54, 1.807) is 43.5 Å². The van der Waals surface area contributed by atoms with Gasteiger partial charge in [0, 0.05) is 19.5 Å². The maximum Gasteiger partial charge on any atom is 0.306 e. The molecule has 0 saturated carbocycles. The van der Waals surface area contributed by atoms with Crippen molar-refractivity contribution >= 4 is 48.6 Å². The summed E-state index contributed by atoms with van der Waals surface area (Å²) in [7, 11) is -1.90. The molecule has 4 rings (SSSR count). The zero-order valence-corrected chi connectivity index (χ0v) is 21.0. The first-order valence-corrected chi connectivity index (χ1v) is 13.6. The van der Waals surface area contributed by atoms with Gasteiger partial charge in [0.2, 0.25) is 10.0 Å². The number of sulfonamides is 1. The number of piperidine rings is 1. The molecule has 11 heteroatoms. The van der Waals surface area contributed by atoms with Crippen LogP contribution < -0.4 is 10.1 Å². The third-order valence-corrected chi connectivity index (χ3v) is 8.55. The number of aromatic nitrogens is 1. The summed E-state index contributed by atoms with van der Waals surface area (Å²) in [5.41, 5.74) is 1.55. The number of anilines is 1. The first-order valence-electron chi connectivity index (χ1n) is 11.3. The Hall–Kier alpha value is -3.02. The van der Waals surface area contributed by atoms with Gasteiger partial charge in [-0.25, -0.2) is 13.4 Å². The van der Waals surface area contributed by atoms with Gasteiger partial charge in [-0.3, -0.25) is 14.9 Å². The highest BCUT2D eigenvalue weighted by molar-refractivity contribution is 7.89. The molecule has 186 valence electrons. The van der Waals surface area contributed by atoms with Crippen LogP contribution in [-0.4, -0.2) is 56.4 Å². The van der Waals surface area contributed by atoms with Crippen molar-refractivity contribution in [2.24, 2.45) is 0 Å². The van der Waals surface area contributed by atoms with Crippen molar-refractivity contribution in [1.29, 1.82) is 0 Å². The highest BCUT2D eigenvalue weighted by Crippen LogP contribution is 2.29. The van der Waals surface area contributed by atoms with Crippen LogP contribution in [0.2, 0.25) is 0 Å². The minimum absolute atomic E-state index is 0.0758. The molecule has 1 amide bonds. The van der Waals surface area contributed by atoms with Crippen LogP contribution >= 0.6 is 11.3 Å². The van der Waals surface area contributed by atoms with Crippen molar-refractivity contribution in [2.45, 2.75) is 37.0 Å². The van der Waals surface area contributed by atoms with E-state index in [2.05, 4.69) is 10.3 Å². The average Bonchev–Trinajstić information content (AvgIpc) is 3.28. The summed E-state index contributed by atoms with van der Waals surface area (Å²) in [5, 5.41) is 3.05. The van der Waals surface area contributed by atoms with Gasteiger partial charge >= 0.3 is 5.97 Å². The van der Waals surface area contributed by atoms with Crippen LogP contribution in [0.3, 0.4) is 0 Å². The van der Waals surface area contributed by atoms with E-state index in [9.17, 15) is 18.0 Å². The van der Waals surface area contributed by atoms with E-state index in [1.165, 1.54) is 15.6 Å². The van der Waals surface area contributed by atoms with Gasteiger partial charge in [0.05, 0.1) is 22.2 Å². The Kier molecular flexibility index (Phi) is 7.99. The Labute approximate surface area is 208 Å². The SMILES string of the molecule is COc1ccc2nc(NC(=O)COC(=O)CCc3ccc(S(=O)(=O)N4CCCCC4)cc3)sc2c1. The molecule has 2 heterocycles. The fourth-order valence-electron chi connectivity index (χ4n) is 3.79. The van der Waals surface area contributed by atoms with Crippen molar-refractivity contribution in [3.63, 3.8) is 0 Å². The van der Waals surface area contributed by atoms with Gasteiger partial charge in [-0.2, -0.15) is 4.31 Å². The molecule has 1 fully saturated rings. The number of nitrogens with one attached hydrogen (secondary N) is 1. The smallest absolute Gasteiger partial charge is 0.306 e. The minimum Gasteiger partial charge on any atom is -0.497 e. The second-order valence-electron chi connectivity index (χ2n) is 8.17. The molecule has 0 radical (unpaired) electrons. The van der Waals surface area contributed by atoms with Gasteiger partial charge in [-0.15, -0.1) is 0 Å². The Balaban J connectivity index is 1.23. The van der Waals surface area contributed by atoms with Crippen LogP contribution in [0.1, 0.15) is 31.2 Å². The van der Waals surface area contributed by atoms with Gasteiger partial charge in [-0.1, -0.05) is 29.9 Å². The summed E-state index contributed by atoms with van der Waals surface area (Å²) in [6, 6.07) is 12.0. The fourth-order valence-corrected chi connectivity index (χ4v) is 6.22. The number of esters is 1. The maximum atomic E-state index is 12.7. The van der Waals surface area contributed by atoms with Crippen molar-refractivity contribution in [3.05, 3.63) is 48.0 Å². The molecule has 0 aliphatic carbocycles. The van der Waals surface area contributed by atoms with Crippen LogP contribution in [0, 0.1) is 0 Å². The lowest BCUT2D eigenvalue weighted by Gasteiger charge is -2.25. The first-order chi connectivity index (χ1) is 16.8. The predicted molar refractivity (Wildman–Crippen MR) is 133 cm³/mol. The van der Waals surface area contributed by atoms with E-state index in [4.69, 9.17) is 9.47 Å². The van der Waals surface area contributed by atoms with E-state index < -0.39 is 28.5 Å². The quantitative estimate of drug-likeness (QED) is 0.431. The van der Waals surface area contributed by atoms with E-state index in [1.807, 2.05) is 6.07 Å². The van der Waals surface area contributed by atoms with Crippen LogP contribution in [0.4, 0.5) is 5.13 Å². The molecule has 0 spiro atoms. The maximum absolute atomic E-state index is 12.7. The standard InChI is InChI=1S/C24H27N3O6S2/c1-32-18-8-11-20-21(15-18)34-24(25-20)26-22(28)16-33-23(29)12-7-17-5-9-19(10-6-17)35(30,31)27-13-3-2-4-14-27/h5-6,8-11,15H,2-4,7,12-14,16H2,1H3,(H,25,26,28). The molecule has 1 aliphatic heterocycles. The van der Waals surface area contributed by atoms with Gasteiger partial charge in [-0.05, 0) is 55.2 Å². The number of rotatable bonds is 9. The molecule has 1 N–H and O–H groups in total. The number of hydrogen-bond acceptors (Lipinski definition) is 8. The lowest BCUT2D eigenvalue weighted by Crippen LogP contribution is -2.35. The molecule has 0 atom stereocenters. The van der Waals surface area contributed by atoms with Crippen molar-refractivity contribution in [3.8, 4) is 5.75 Å². The van der Waals surface area contributed by atoms with Crippen LogP contribution in [0.5, 0.6) is 5.75 Å². The van der Waals surface area contributed by atoms with E-state index >= 15 is 0 Å². The van der Waals surface area contributed by atoms with Gasteiger partial charge in [0.15, 0.2) is 11.7 Å². The summed E-state index contributed by atoms with van der Waals surface area (Å²) in [6.45, 7) is 0.694. The third kappa shape index (κ3) is 6.36. The van der Waals surface area contributed by atoms with Crippen LogP contribution in [-0.2, 0) is 30.8 Å². The summed E-state index contributed by atoms with van der Waals surface area (Å²) in [4.78, 5) is 28.8. The molecule has 9 nitrogen and oxygen atoms in total. The molecule has 2 aromatic carbocycles. The van der Waals surface area contributed by atoms with Crippen molar-refractivity contribution in [1.82, 2.24) is 9.29 Å². The summed E-state index contributed by atoms with van der Waals surface area (Å²) < 4.78 is 38.1. The molecule has 1 aliphatic rings. The molecular formula is C24H27N3O6S2. The lowest BCUT2D eigenvalue weighted by molar-refractivity contribution is -0.147. The Morgan fingerprint density at radius 2 is 1.83 bits per heavy atom. The summed E-state index contributed by atoms with van der Waals surface area (Å²) in [5.74, 6) is -0.290. The second-order valence-corrected chi connectivity index (χ2v) is 11.1. The number of thiazole rings is 1. The third-order valence-electron chi connectivity index (χ3n) is 5.70. The Morgan fingerprint density at radius 3 is 2.54 bits per heavy atom. The monoisotopic (exact) mass is 517 g/mol. The first kappa shape index (κ1) is 25.1. The molecule has 1 aromatic heterocycles. The number of carbonyl (C=O) groups excluding carboxylic acids is 2. The number of ether oxygens (including phenoxy) is 2. The number of amides is 1. The van der Waals surface area contributed by atoms with E-state index in [0.717, 1.165) is 35.0 Å². The lowest BCUT2D eigenvalue weighted by atomic mass is 10.1. The normalized spacial score (nSPS) is 14.5. The fraction of sp³-hybridized carbons (Fsp3) is 0.375. The van der Waals surface area contributed by atoms with E-state index in [-0.39, 0.29) is 11.3 Å².